The molecule has 1 amide bonds. The number of pyridine rings is 1. The molecule has 148 valence electrons. The number of fused-ring (bicyclic) bond motifs is 1. The second-order valence-electron chi connectivity index (χ2n) is 7.77. The van der Waals surface area contributed by atoms with Gasteiger partial charge in [-0.1, -0.05) is 48.9 Å². The topological polar surface area (TPSA) is 65.5 Å². The first kappa shape index (κ1) is 19.1. The minimum Gasteiger partial charge on any atom is -0.321 e. The zero-order valence-electron chi connectivity index (χ0n) is 17.2. The van der Waals surface area contributed by atoms with Crippen LogP contribution in [0, 0.1) is 20.8 Å². The summed E-state index contributed by atoms with van der Waals surface area (Å²) in [5.74, 6) is -0.0453. The third kappa shape index (κ3) is 3.37. The van der Waals surface area contributed by atoms with Gasteiger partial charge in [-0.15, -0.1) is 0 Å². The van der Waals surface area contributed by atoms with Gasteiger partial charge in [-0.25, -0.2) is 5.01 Å². The van der Waals surface area contributed by atoms with Crippen LogP contribution in [0.15, 0.2) is 52.4 Å². The van der Waals surface area contributed by atoms with Crippen molar-refractivity contribution in [3.05, 3.63) is 80.6 Å². The van der Waals surface area contributed by atoms with Gasteiger partial charge in [0, 0.05) is 23.7 Å². The van der Waals surface area contributed by atoms with Crippen molar-refractivity contribution < 1.29 is 4.79 Å². The van der Waals surface area contributed by atoms with Crippen LogP contribution in [-0.4, -0.2) is 21.6 Å². The zero-order chi connectivity index (χ0) is 20.7. The van der Waals surface area contributed by atoms with E-state index in [1.807, 2.05) is 70.2 Å². The number of hydrogen-bond acceptors (Lipinski definition) is 3. The summed E-state index contributed by atoms with van der Waals surface area (Å²) >= 11 is 0. The Labute approximate surface area is 170 Å². The molecule has 0 saturated heterocycles. The lowest BCUT2D eigenvalue weighted by atomic mass is 9.94. The summed E-state index contributed by atoms with van der Waals surface area (Å²) in [5, 5.41) is 7.19. The second-order valence-corrected chi connectivity index (χ2v) is 7.77. The van der Waals surface area contributed by atoms with Gasteiger partial charge in [0.1, 0.15) is 0 Å². The van der Waals surface area contributed by atoms with E-state index < -0.39 is 0 Å². The van der Waals surface area contributed by atoms with Crippen LogP contribution in [0.25, 0.3) is 10.9 Å². The van der Waals surface area contributed by atoms with E-state index in [9.17, 15) is 9.59 Å². The van der Waals surface area contributed by atoms with Crippen molar-refractivity contribution in [1.82, 2.24) is 9.99 Å². The number of H-pyrrole nitrogens is 1. The van der Waals surface area contributed by atoms with Gasteiger partial charge in [0.25, 0.3) is 5.56 Å². The van der Waals surface area contributed by atoms with Gasteiger partial charge in [0.2, 0.25) is 5.91 Å². The fraction of sp³-hybridized carbons (Fsp3) is 0.292. The van der Waals surface area contributed by atoms with E-state index in [1.165, 1.54) is 5.56 Å². The van der Waals surface area contributed by atoms with Crippen molar-refractivity contribution in [1.29, 1.82) is 0 Å². The van der Waals surface area contributed by atoms with Gasteiger partial charge in [0.15, 0.2) is 0 Å². The van der Waals surface area contributed by atoms with E-state index in [4.69, 9.17) is 0 Å². The highest BCUT2D eigenvalue weighted by Gasteiger charge is 2.34. The molecule has 0 saturated carbocycles. The number of benzene rings is 2. The Morgan fingerprint density at radius 3 is 2.48 bits per heavy atom. The lowest BCUT2D eigenvalue weighted by molar-refractivity contribution is -0.132. The molecule has 1 N–H and O–H groups in total. The number of carbonyl (C=O) groups is 1. The standard InChI is InChI=1S/C24H25N3O2/c1-5-22(28)27-21(17-9-6-14(2)7-10-17)13-20(26-27)23-16(4)18-11-8-15(3)12-19(18)25-24(23)29/h6-12,21H,5,13H2,1-4H3,(H,25,29). The van der Waals surface area contributed by atoms with Gasteiger partial charge < -0.3 is 4.98 Å². The minimum absolute atomic E-state index is 0.0453. The molecule has 2 aromatic carbocycles. The summed E-state index contributed by atoms with van der Waals surface area (Å²) in [6.07, 6.45) is 0.890. The van der Waals surface area contributed by atoms with Crippen LogP contribution in [0.4, 0.5) is 0 Å². The molecule has 1 atom stereocenters. The van der Waals surface area contributed by atoms with E-state index in [0.717, 1.165) is 27.6 Å². The van der Waals surface area contributed by atoms with Crippen molar-refractivity contribution in [2.45, 2.75) is 46.6 Å². The van der Waals surface area contributed by atoms with Crippen molar-refractivity contribution in [2.24, 2.45) is 5.10 Å². The maximum Gasteiger partial charge on any atom is 0.257 e. The van der Waals surface area contributed by atoms with Crippen molar-refractivity contribution in [3.8, 4) is 0 Å². The van der Waals surface area contributed by atoms with Gasteiger partial charge in [-0.3, -0.25) is 9.59 Å². The second kappa shape index (κ2) is 7.32. The minimum atomic E-state index is -0.189. The SMILES string of the molecule is CCC(=O)N1N=C(c2c(C)c3ccc(C)cc3[nH]c2=O)CC1c1ccc(C)cc1. The Balaban J connectivity index is 1.82. The van der Waals surface area contributed by atoms with Gasteiger partial charge >= 0.3 is 0 Å². The number of hydrazone groups is 1. The molecule has 3 aromatic rings. The fourth-order valence-corrected chi connectivity index (χ4v) is 4.03. The quantitative estimate of drug-likeness (QED) is 0.717. The number of aromatic nitrogens is 1. The lowest BCUT2D eigenvalue weighted by Crippen LogP contribution is -2.26. The summed E-state index contributed by atoms with van der Waals surface area (Å²) in [6, 6.07) is 14.0. The summed E-state index contributed by atoms with van der Waals surface area (Å²) in [4.78, 5) is 28.5. The molecule has 0 spiro atoms. The van der Waals surface area contributed by atoms with Crippen LogP contribution in [0.3, 0.4) is 0 Å². The molecule has 1 unspecified atom stereocenters. The summed E-state index contributed by atoms with van der Waals surface area (Å²) < 4.78 is 0. The molecule has 1 aromatic heterocycles. The number of hydrogen-bond donors (Lipinski definition) is 1. The monoisotopic (exact) mass is 387 g/mol. The Kier molecular flexibility index (Phi) is 4.82. The molecule has 0 fully saturated rings. The summed E-state index contributed by atoms with van der Waals surface area (Å²) in [7, 11) is 0. The first-order chi connectivity index (χ1) is 13.9. The molecular weight excluding hydrogens is 362 g/mol. The molecule has 0 radical (unpaired) electrons. The van der Waals surface area contributed by atoms with Crippen LogP contribution in [-0.2, 0) is 4.79 Å². The predicted octanol–water partition coefficient (Wildman–Crippen LogP) is 4.54. The number of amides is 1. The highest BCUT2D eigenvalue weighted by Crippen LogP contribution is 2.34. The highest BCUT2D eigenvalue weighted by atomic mass is 16.2. The number of aryl methyl sites for hydroxylation is 3. The first-order valence-corrected chi connectivity index (χ1v) is 9.98. The molecule has 5 heteroatoms. The lowest BCUT2D eigenvalue weighted by Gasteiger charge is -2.21. The van der Waals surface area contributed by atoms with Gasteiger partial charge in [-0.05, 0) is 43.5 Å². The summed E-state index contributed by atoms with van der Waals surface area (Å²) in [6.45, 7) is 7.83. The third-order valence-electron chi connectivity index (χ3n) is 5.65. The average Bonchev–Trinajstić information content (AvgIpc) is 3.12. The molecule has 0 bridgehead atoms. The molecule has 1 aliphatic rings. The maximum absolute atomic E-state index is 12.9. The van der Waals surface area contributed by atoms with E-state index in [1.54, 1.807) is 5.01 Å². The van der Waals surface area contributed by atoms with Crippen molar-refractivity contribution in [2.75, 3.05) is 0 Å². The number of nitrogens with one attached hydrogen (secondary N) is 1. The number of aromatic amines is 1. The number of nitrogens with zero attached hydrogens (tertiary/aromatic N) is 2. The van der Waals surface area contributed by atoms with E-state index >= 15 is 0 Å². The van der Waals surface area contributed by atoms with Crippen LogP contribution in [0.2, 0.25) is 0 Å². The van der Waals surface area contributed by atoms with Crippen LogP contribution >= 0.6 is 0 Å². The smallest absolute Gasteiger partial charge is 0.257 e. The predicted molar refractivity (Wildman–Crippen MR) is 116 cm³/mol. The maximum atomic E-state index is 12.9. The van der Waals surface area contributed by atoms with E-state index in [0.29, 0.717) is 24.1 Å². The molecule has 4 rings (SSSR count). The molecular formula is C24H25N3O2. The zero-order valence-corrected chi connectivity index (χ0v) is 17.2. The van der Waals surface area contributed by atoms with Crippen molar-refractivity contribution in [3.63, 3.8) is 0 Å². The van der Waals surface area contributed by atoms with E-state index in [-0.39, 0.29) is 17.5 Å². The molecule has 5 nitrogen and oxygen atoms in total. The third-order valence-corrected chi connectivity index (χ3v) is 5.65. The normalized spacial score (nSPS) is 16.3. The molecule has 29 heavy (non-hydrogen) atoms. The molecule has 1 aliphatic heterocycles. The molecule has 0 aliphatic carbocycles. The Morgan fingerprint density at radius 2 is 1.79 bits per heavy atom. The fourth-order valence-electron chi connectivity index (χ4n) is 4.03. The highest BCUT2D eigenvalue weighted by molar-refractivity contribution is 6.06. The Hall–Kier alpha value is -3.21. The van der Waals surface area contributed by atoms with Crippen molar-refractivity contribution >= 4 is 22.5 Å². The van der Waals surface area contributed by atoms with Gasteiger partial charge in [-0.2, -0.15) is 5.10 Å². The summed E-state index contributed by atoms with van der Waals surface area (Å²) in [5.41, 5.74) is 6.09. The first-order valence-electron chi connectivity index (χ1n) is 9.98. The molecule has 2 heterocycles. The van der Waals surface area contributed by atoms with E-state index in [2.05, 4.69) is 10.1 Å². The number of carbonyl (C=O) groups excluding carboxylic acids is 1. The Bertz CT molecular complexity index is 1190. The average molecular weight is 387 g/mol. The van der Waals surface area contributed by atoms with Crippen LogP contribution < -0.4 is 5.56 Å². The van der Waals surface area contributed by atoms with Crippen LogP contribution in [0.1, 0.15) is 53.6 Å². The van der Waals surface area contributed by atoms with Crippen LogP contribution in [0.5, 0.6) is 0 Å². The largest absolute Gasteiger partial charge is 0.321 e. The van der Waals surface area contributed by atoms with Gasteiger partial charge in [0.05, 0.1) is 17.3 Å². The number of rotatable bonds is 3. The Morgan fingerprint density at radius 1 is 1.10 bits per heavy atom.